The highest BCUT2D eigenvalue weighted by Gasteiger charge is 2.27. The SMILES string of the molecule is CN(Cc1ccc(C#N)cc1)c1cccc(S(C)(=O)=O)c1[N+](=O)[O-]. The van der Waals surface area contributed by atoms with Gasteiger partial charge >= 0.3 is 5.69 Å². The van der Waals surface area contributed by atoms with Crippen LogP contribution in [0.25, 0.3) is 0 Å². The van der Waals surface area contributed by atoms with E-state index in [0.29, 0.717) is 12.1 Å². The molecule has 0 aliphatic carbocycles. The summed E-state index contributed by atoms with van der Waals surface area (Å²) in [6, 6.07) is 13.1. The standard InChI is InChI=1S/C16H15N3O4S/c1-18(11-13-8-6-12(10-17)7-9-13)14-4-3-5-15(24(2,22)23)16(14)19(20)21/h3-9H,11H2,1-2H3. The number of benzene rings is 2. The Hall–Kier alpha value is -2.92. The quantitative estimate of drug-likeness (QED) is 0.609. The van der Waals surface area contributed by atoms with Gasteiger partial charge in [-0.2, -0.15) is 5.26 Å². The third kappa shape index (κ3) is 3.70. The molecular formula is C16H15N3O4S. The summed E-state index contributed by atoms with van der Waals surface area (Å²) < 4.78 is 23.6. The topological polar surface area (TPSA) is 104 Å². The minimum atomic E-state index is -3.72. The van der Waals surface area contributed by atoms with E-state index in [-0.39, 0.29) is 10.6 Å². The molecule has 0 N–H and O–H groups in total. The van der Waals surface area contributed by atoms with Crippen molar-refractivity contribution in [2.75, 3.05) is 18.2 Å². The molecule has 0 radical (unpaired) electrons. The fraction of sp³-hybridized carbons (Fsp3) is 0.188. The number of nitro groups is 1. The lowest BCUT2D eigenvalue weighted by molar-refractivity contribution is -0.387. The normalized spacial score (nSPS) is 10.9. The van der Waals surface area contributed by atoms with E-state index >= 15 is 0 Å². The summed E-state index contributed by atoms with van der Waals surface area (Å²) in [5.74, 6) is 0. The smallest absolute Gasteiger partial charge is 0.311 e. The summed E-state index contributed by atoms with van der Waals surface area (Å²) in [7, 11) is -2.08. The highest BCUT2D eigenvalue weighted by atomic mass is 32.2. The van der Waals surface area contributed by atoms with E-state index < -0.39 is 20.4 Å². The molecule has 0 unspecified atom stereocenters. The Labute approximate surface area is 139 Å². The van der Waals surface area contributed by atoms with Crippen LogP contribution < -0.4 is 4.90 Å². The highest BCUT2D eigenvalue weighted by Crippen LogP contribution is 2.34. The Morgan fingerprint density at radius 1 is 1.21 bits per heavy atom. The number of hydrogen-bond acceptors (Lipinski definition) is 6. The molecule has 0 spiro atoms. The van der Waals surface area contributed by atoms with Crippen LogP contribution in [0.4, 0.5) is 11.4 Å². The van der Waals surface area contributed by atoms with Crippen molar-refractivity contribution in [1.29, 1.82) is 5.26 Å². The van der Waals surface area contributed by atoms with Crippen LogP contribution in [0.5, 0.6) is 0 Å². The minimum Gasteiger partial charge on any atom is -0.365 e. The first-order chi connectivity index (χ1) is 11.2. The molecule has 0 saturated carbocycles. The number of nitro benzene ring substituents is 1. The molecule has 0 atom stereocenters. The number of rotatable bonds is 5. The van der Waals surface area contributed by atoms with Crippen molar-refractivity contribution in [1.82, 2.24) is 0 Å². The first kappa shape index (κ1) is 17.4. The van der Waals surface area contributed by atoms with Gasteiger partial charge in [-0.15, -0.1) is 0 Å². The van der Waals surface area contributed by atoms with Gasteiger partial charge in [0, 0.05) is 19.8 Å². The lowest BCUT2D eigenvalue weighted by atomic mass is 10.1. The van der Waals surface area contributed by atoms with E-state index in [0.717, 1.165) is 11.8 Å². The number of anilines is 1. The molecule has 0 fully saturated rings. The summed E-state index contributed by atoms with van der Waals surface area (Å²) in [5.41, 5.74) is 1.14. The minimum absolute atomic E-state index is 0.215. The van der Waals surface area contributed by atoms with Crippen LogP contribution in [0.2, 0.25) is 0 Å². The van der Waals surface area contributed by atoms with Crippen molar-refractivity contribution >= 4 is 21.2 Å². The third-order valence-electron chi connectivity index (χ3n) is 3.47. The Morgan fingerprint density at radius 2 is 1.83 bits per heavy atom. The molecule has 2 aromatic rings. The zero-order valence-corrected chi connectivity index (χ0v) is 13.9. The monoisotopic (exact) mass is 345 g/mol. The van der Waals surface area contributed by atoms with Gasteiger partial charge in [-0.05, 0) is 29.8 Å². The molecule has 8 heteroatoms. The molecule has 7 nitrogen and oxygen atoms in total. The second-order valence-corrected chi connectivity index (χ2v) is 7.30. The maximum absolute atomic E-state index is 11.8. The van der Waals surface area contributed by atoms with Gasteiger partial charge in [0.1, 0.15) is 10.6 Å². The first-order valence-corrected chi connectivity index (χ1v) is 8.81. The van der Waals surface area contributed by atoms with E-state index in [1.165, 1.54) is 18.2 Å². The second-order valence-electron chi connectivity index (χ2n) is 5.32. The summed E-state index contributed by atoms with van der Waals surface area (Å²) >= 11 is 0. The molecule has 0 aliphatic heterocycles. The Bertz CT molecular complexity index is 915. The van der Waals surface area contributed by atoms with E-state index in [4.69, 9.17) is 5.26 Å². The van der Waals surface area contributed by atoms with E-state index in [1.807, 2.05) is 6.07 Å². The van der Waals surface area contributed by atoms with Crippen LogP contribution in [0.3, 0.4) is 0 Å². The molecule has 24 heavy (non-hydrogen) atoms. The van der Waals surface area contributed by atoms with E-state index in [9.17, 15) is 18.5 Å². The third-order valence-corrected chi connectivity index (χ3v) is 4.60. The largest absolute Gasteiger partial charge is 0.365 e. The Balaban J connectivity index is 2.43. The van der Waals surface area contributed by atoms with Crippen molar-refractivity contribution in [3.63, 3.8) is 0 Å². The van der Waals surface area contributed by atoms with Gasteiger partial charge in [-0.3, -0.25) is 10.1 Å². The summed E-state index contributed by atoms with van der Waals surface area (Å²) in [6.45, 7) is 0.333. The molecule has 0 bridgehead atoms. The molecular weight excluding hydrogens is 330 g/mol. The van der Waals surface area contributed by atoms with Gasteiger partial charge in [-0.25, -0.2) is 8.42 Å². The van der Waals surface area contributed by atoms with Gasteiger partial charge < -0.3 is 4.90 Å². The molecule has 0 aromatic heterocycles. The van der Waals surface area contributed by atoms with Crippen LogP contribution >= 0.6 is 0 Å². The molecule has 2 aromatic carbocycles. The lowest BCUT2D eigenvalue weighted by Crippen LogP contribution is -2.18. The maximum atomic E-state index is 11.8. The average Bonchev–Trinajstić information content (AvgIpc) is 2.53. The molecule has 124 valence electrons. The van der Waals surface area contributed by atoms with E-state index in [1.54, 1.807) is 36.2 Å². The zero-order chi connectivity index (χ0) is 17.9. The summed E-state index contributed by atoms with van der Waals surface area (Å²) in [6.07, 6.45) is 0.944. The first-order valence-electron chi connectivity index (χ1n) is 6.91. The van der Waals surface area contributed by atoms with Crippen LogP contribution in [0.1, 0.15) is 11.1 Å². The predicted molar refractivity (Wildman–Crippen MR) is 89.5 cm³/mol. The summed E-state index contributed by atoms with van der Waals surface area (Å²) in [4.78, 5) is 12.0. The van der Waals surface area contributed by atoms with Gasteiger partial charge in [0.2, 0.25) is 0 Å². The number of nitrogens with zero attached hydrogens (tertiary/aromatic N) is 3. The van der Waals surface area contributed by atoms with Crippen molar-refractivity contribution in [3.8, 4) is 6.07 Å². The molecule has 0 saturated heterocycles. The van der Waals surface area contributed by atoms with Crippen LogP contribution in [0, 0.1) is 21.4 Å². The van der Waals surface area contributed by atoms with Crippen molar-refractivity contribution in [2.45, 2.75) is 11.4 Å². The second kappa shape index (κ2) is 6.68. The molecule has 2 rings (SSSR count). The van der Waals surface area contributed by atoms with Crippen molar-refractivity contribution in [2.24, 2.45) is 0 Å². The number of sulfone groups is 1. The van der Waals surface area contributed by atoms with E-state index in [2.05, 4.69) is 0 Å². The lowest BCUT2D eigenvalue weighted by Gasteiger charge is -2.20. The number of hydrogen-bond donors (Lipinski definition) is 0. The Kier molecular flexibility index (Phi) is 4.85. The fourth-order valence-corrected chi connectivity index (χ4v) is 3.20. The average molecular weight is 345 g/mol. The van der Waals surface area contributed by atoms with Gasteiger partial charge in [-0.1, -0.05) is 18.2 Å². The van der Waals surface area contributed by atoms with Crippen molar-refractivity contribution < 1.29 is 13.3 Å². The molecule has 0 aliphatic rings. The van der Waals surface area contributed by atoms with Crippen LogP contribution in [0.15, 0.2) is 47.4 Å². The Morgan fingerprint density at radius 3 is 2.33 bits per heavy atom. The molecule has 0 heterocycles. The highest BCUT2D eigenvalue weighted by molar-refractivity contribution is 7.90. The number of para-hydroxylation sites is 1. The predicted octanol–water partition coefficient (Wildman–Crippen LogP) is 2.51. The zero-order valence-electron chi connectivity index (χ0n) is 13.1. The summed E-state index contributed by atoms with van der Waals surface area (Å²) in [5, 5.41) is 20.2. The van der Waals surface area contributed by atoms with Gasteiger partial charge in [0.05, 0.1) is 16.6 Å². The van der Waals surface area contributed by atoms with Crippen LogP contribution in [-0.4, -0.2) is 26.6 Å². The van der Waals surface area contributed by atoms with Crippen LogP contribution in [-0.2, 0) is 16.4 Å². The van der Waals surface area contributed by atoms with Gasteiger partial charge in [0.25, 0.3) is 0 Å². The molecule has 0 amide bonds. The maximum Gasteiger partial charge on any atom is 0.311 e. The number of nitriles is 1. The van der Waals surface area contributed by atoms with Crippen molar-refractivity contribution in [3.05, 3.63) is 63.7 Å². The van der Waals surface area contributed by atoms with Gasteiger partial charge in [0.15, 0.2) is 9.84 Å². The fourth-order valence-electron chi connectivity index (χ4n) is 2.35.